The Bertz CT molecular complexity index is 422. The number of nitrogens with one attached hydrogen (secondary N) is 1. The van der Waals surface area contributed by atoms with E-state index in [1.807, 2.05) is 0 Å². The van der Waals surface area contributed by atoms with Crippen LogP contribution in [0.1, 0.15) is 54.5 Å². The molecule has 1 aromatic carbocycles. The summed E-state index contributed by atoms with van der Waals surface area (Å²) in [4.78, 5) is 0. The van der Waals surface area contributed by atoms with Gasteiger partial charge in [-0.3, -0.25) is 0 Å². The van der Waals surface area contributed by atoms with Gasteiger partial charge >= 0.3 is 0 Å². The van der Waals surface area contributed by atoms with E-state index in [9.17, 15) is 0 Å². The Labute approximate surface area is 122 Å². The Hall–Kier alpha value is -0.470. The lowest BCUT2D eigenvalue weighted by Crippen LogP contribution is -2.32. The molecule has 1 aromatic rings. The molecule has 0 saturated carbocycles. The summed E-state index contributed by atoms with van der Waals surface area (Å²) >= 11 is 2.16. The van der Waals surface area contributed by atoms with E-state index in [0.717, 1.165) is 11.8 Å². The third kappa shape index (κ3) is 3.55. The third-order valence-electron chi connectivity index (χ3n) is 4.23. The van der Waals surface area contributed by atoms with Crippen molar-refractivity contribution in [2.75, 3.05) is 12.3 Å². The average molecular weight is 277 g/mol. The molecule has 1 N–H and O–H groups in total. The van der Waals surface area contributed by atoms with Crippen molar-refractivity contribution in [3.8, 4) is 0 Å². The minimum absolute atomic E-state index is 0.523. The van der Waals surface area contributed by atoms with Crippen LogP contribution in [0.3, 0.4) is 0 Å². The highest BCUT2D eigenvalue weighted by Gasteiger charge is 2.26. The van der Waals surface area contributed by atoms with Gasteiger partial charge in [-0.1, -0.05) is 25.5 Å². The van der Waals surface area contributed by atoms with Gasteiger partial charge in [0.2, 0.25) is 0 Å². The lowest BCUT2D eigenvalue weighted by atomic mass is 9.92. The Morgan fingerprint density at radius 3 is 2.53 bits per heavy atom. The zero-order chi connectivity index (χ0) is 13.8. The van der Waals surface area contributed by atoms with Crippen molar-refractivity contribution in [1.29, 1.82) is 0 Å². The second-order valence-corrected chi connectivity index (χ2v) is 7.08. The Morgan fingerprint density at radius 2 is 1.89 bits per heavy atom. The molecule has 0 radical (unpaired) electrons. The van der Waals surface area contributed by atoms with Crippen LogP contribution in [0.25, 0.3) is 0 Å². The summed E-state index contributed by atoms with van der Waals surface area (Å²) in [5.41, 5.74) is 5.79. The molecule has 1 nitrogen and oxygen atoms in total. The predicted octanol–water partition coefficient (Wildman–Crippen LogP) is 4.55. The molecule has 106 valence electrons. The number of hydrogen-bond donors (Lipinski definition) is 1. The van der Waals surface area contributed by atoms with Crippen LogP contribution in [0.2, 0.25) is 0 Å². The Morgan fingerprint density at radius 1 is 1.16 bits per heavy atom. The molecular weight excluding hydrogens is 250 g/mol. The Balaban J connectivity index is 2.29. The number of hydrogen-bond acceptors (Lipinski definition) is 2. The van der Waals surface area contributed by atoms with Gasteiger partial charge in [-0.2, -0.15) is 11.8 Å². The van der Waals surface area contributed by atoms with Crippen molar-refractivity contribution < 1.29 is 0 Å². The fourth-order valence-corrected chi connectivity index (χ4v) is 4.45. The van der Waals surface area contributed by atoms with Gasteiger partial charge in [-0.25, -0.2) is 0 Å². The Kier molecular flexibility index (Phi) is 5.35. The predicted molar refractivity (Wildman–Crippen MR) is 87.2 cm³/mol. The van der Waals surface area contributed by atoms with Crippen molar-refractivity contribution in [3.63, 3.8) is 0 Å². The summed E-state index contributed by atoms with van der Waals surface area (Å²) in [6, 6.07) is 5.28. The van der Waals surface area contributed by atoms with E-state index in [2.05, 4.69) is 56.9 Å². The van der Waals surface area contributed by atoms with Crippen LogP contribution in [-0.4, -0.2) is 17.5 Å². The smallest absolute Gasteiger partial charge is 0.0443 e. The van der Waals surface area contributed by atoms with Gasteiger partial charge in [0.15, 0.2) is 0 Å². The molecule has 0 bridgehead atoms. The van der Waals surface area contributed by atoms with Crippen molar-refractivity contribution in [2.24, 2.45) is 0 Å². The van der Waals surface area contributed by atoms with Gasteiger partial charge in [0.05, 0.1) is 0 Å². The van der Waals surface area contributed by atoms with Gasteiger partial charge in [0.25, 0.3) is 0 Å². The van der Waals surface area contributed by atoms with Gasteiger partial charge in [0.1, 0.15) is 0 Å². The number of aryl methyl sites for hydroxylation is 3. The number of benzene rings is 1. The summed E-state index contributed by atoms with van der Waals surface area (Å²) in [6.45, 7) is 9.98. The van der Waals surface area contributed by atoms with Crippen LogP contribution in [0.5, 0.6) is 0 Å². The molecule has 0 aromatic heterocycles. The van der Waals surface area contributed by atoms with Crippen LogP contribution in [0.4, 0.5) is 0 Å². The molecule has 2 atom stereocenters. The molecule has 0 aliphatic carbocycles. The molecule has 0 amide bonds. The van der Waals surface area contributed by atoms with Crippen molar-refractivity contribution in [3.05, 3.63) is 34.4 Å². The first-order valence-corrected chi connectivity index (χ1v) is 8.61. The maximum atomic E-state index is 3.74. The molecule has 19 heavy (non-hydrogen) atoms. The number of thioether (sulfide) groups is 1. The van der Waals surface area contributed by atoms with Gasteiger partial charge in [-0.15, -0.1) is 0 Å². The van der Waals surface area contributed by atoms with Gasteiger partial charge in [0, 0.05) is 11.3 Å². The normalized spacial score (nSPS) is 21.4. The van der Waals surface area contributed by atoms with E-state index in [0.29, 0.717) is 6.04 Å². The molecule has 1 aliphatic heterocycles. The van der Waals surface area contributed by atoms with Crippen LogP contribution in [0.15, 0.2) is 12.1 Å². The SMILES string of the molecule is CCNC(c1cc(C)c(C)cc1C)C1CCCCS1. The number of rotatable bonds is 4. The first-order valence-electron chi connectivity index (χ1n) is 7.56. The van der Waals surface area contributed by atoms with Crippen molar-refractivity contribution >= 4 is 11.8 Å². The lowest BCUT2D eigenvalue weighted by Gasteiger charge is -2.32. The van der Waals surface area contributed by atoms with E-state index >= 15 is 0 Å². The van der Waals surface area contributed by atoms with Gasteiger partial charge < -0.3 is 5.32 Å². The van der Waals surface area contributed by atoms with Crippen molar-refractivity contribution in [1.82, 2.24) is 5.32 Å². The van der Waals surface area contributed by atoms with Crippen LogP contribution < -0.4 is 5.32 Å². The fourth-order valence-electron chi connectivity index (χ4n) is 3.01. The van der Waals surface area contributed by atoms with Gasteiger partial charge in [-0.05, 0) is 68.2 Å². The van der Waals surface area contributed by atoms with E-state index < -0.39 is 0 Å². The maximum absolute atomic E-state index is 3.74. The second-order valence-electron chi connectivity index (χ2n) is 5.73. The standard InChI is InChI=1S/C17H27NS/c1-5-18-17(16-8-6-7-9-19-16)15-11-13(3)12(2)10-14(15)4/h10-11,16-18H,5-9H2,1-4H3. The first-order chi connectivity index (χ1) is 9.13. The third-order valence-corrected chi connectivity index (χ3v) is 5.69. The summed E-state index contributed by atoms with van der Waals surface area (Å²) < 4.78 is 0. The quantitative estimate of drug-likeness (QED) is 0.866. The molecule has 1 fully saturated rings. The largest absolute Gasteiger partial charge is 0.309 e. The van der Waals surface area contributed by atoms with E-state index in [1.54, 1.807) is 0 Å². The molecule has 1 aliphatic rings. The summed E-state index contributed by atoms with van der Waals surface area (Å²) in [7, 11) is 0. The van der Waals surface area contributed by atoms with Crippen LogP contribution >= 0.6 is 11.8 Å². The molecule has 1 saturated heterocycles. The van der Waals surface area contributed by atoms with E-state index in [-0.39, 0.29) is 0 Å². The second kappa shape index (κ2) is 6.81. The zero-order valence-corrected chi connectivity index (χ0v) is 13.6. The van der Waals surface area contributed by atoms with E-state index in [1.165, 1.54) is 47.3 Å². The maximum Gasteiger partial charge on any atom is 0.0443 e. The summed E-state index contributed by atoms with van der Waals surface area (Å²) in [5, 5.41) is 4.48. The van der Waals surface area contributed by atoms with Crippen LogP contribution in [0, 0.1) is 20.8 Å². The van der Waals surface area contributed by atoms with Crippen LogP contribution in [-0.2, 0) is 0 Å². The first kappa shape index (κ1) is 14.9. The van der Waals surface area contributed by atoms with Crippen molar-refractivity contribution in [2.45, 2.75) is 58.2 Å². The highest BCUT2D eigenvalue weighted by Crippen LogP contribution is 2.36. The lowest BCUT2D eigenvalue weighted by molar-refractivity contribution is 0.489. The monoisotopic (exact) mass is 277 g/mol. The average Bonchev–Trinajstić information content (AvgIpc) is 2.42. The summed E-state index contributed by atoms with van der Waals surface area (Å²) in [6.07, 6.45) is 4.14. The highest BCUT2D eigenvalue weighted by molar-refractivity contribution is 8.00. The minimum atomic E-state index is 0.523. The fraction of sp³-hybridized carbons (Fsp3) is 0.647. The zero-order valence-electron chi connectivity index (χ0n) is 12.8. The topological polar surface area (TPSA) is 12.0 Å². The van der Waals surface area contributed by atoms with E-state index in [4.69, 9.17) is 0 Å². The molecule has 2 unspecified atom stereocenters. The molecule has 2 rings (SSSR count). The summed E-state index contributed by atoms with van der Waals surface area (Å²) in [5.74, 6) is 1.33. The molecule has 1 heterocycles. The highest BCUT2D eigenvalue weighted by atomic mass is 32.2. The molecule has 2 heteroatoms. The minimum Gasteiger partial charge on any atom is -0.309 e. The molecule has 0 spiro atoms. The molecular formula is C17H27NS.